The topological polar surface area (TPSA) is 38.7 Å². The summed E-state index contributed by atoms with van der Waals surface area (Å²) in [6, 6.07) is 5.42. The molecule has 0 spiro atoms. The number of para-hydroxylation sites is 1. The zero-order valence-electron chi connectivity index (χ0n) is 11.4. The fraction of sp³-hybridized carbons (Fsp3) is 0.467. The summed E-state index contributed by atoms with van der Waals surface area (Å²) in [5.41, 5.74) is 0.663. The molecule has 0 bridgehead atoms. The number of hydrogen-bond acceptors (Lipinski definition) is 3. The maximum absolute atomic E-state index is 9.25. The molecular weight excluding hydrogens is 228 g/mol. The normalized spacial score (nSPS) is 10.5. The van der Waals surface area contributed by atoms with Crippen LogP contribution in [0.2, 0.25) is 0 Å². The third kappa shape index (κ3) is 4.31. The van der Waals surface area contributed by atoms with Crippen molar-refractivity contribution in [2.75, 3.05) is 13.7 Å². The Bertz CT molecular complexity index is 425. The molecule has 1 aromatic carbocycles. The molecule has 0 atom stereocenters. The standard InChI is InChI=1S/C15H20O3/c1-15(2,3)9-6-10-18-14-12(11-16)7-5-8-13(14)17-4/h5,7-8,16H,10-11H2,1-4H3. The predicted octanol–water partition coefficient (Wildman–Crippen LogP) is 2.62. The van der Waals surface area contributed by atoms with E-state index in [2.05, 4.69) is 11.8 Å². The zero-order chi connectivity index (χ0) is 13.6. The lowest BCUT2D eigenvalue weighted by Gasteiger charge is -2.12. The van der Waals surface area contributed by atoms with E-state index in [4.69, 9.17) is 9.47 Å². The van der Waals surface area contributed by atoms with Crippen LogP contribution in [-0.4, -0.2) is 18.8 Å². The van der Waals surface area contributed by atoms with Crippen LogP contribution in [0.3, 0.4) is 0 Å². The Labute approximate surface area is 109 Å². The maximum Gasteiger partial charge on any atom is 0.168 e. The van der Waals surface area contributed by atoms with Crippen LogP contribution in [0.15, 0.2) is 18.2 Å². The van der Waals surface area contributed by atoms with E-state index < -0.39 is 0 Å². The van der Waals surface area contributed by atoms with Crippen molar-refractivity contribution in [3.05, 3.63) is 23.8 Å². The highest BCUT2D eigenvalue weighted by atomic mass is 16.5. The lowest BCUT2D eigenvalue weighted by Crippen LogP contribution is -2.03. The average molecular weight is 248 g/mol. The van der Waals surface area contributed by atoms with Crippen molar-refractivity contribution in [3.8, 4) is 23.3 Å². The van der Waals surface area contributed by atoms with Crippen molar-refractivity contribution in [3.63, 3.8) is 0 Å². The average Bonchev–Trinajstić information content (AvgIpc) is 2.33. The molecule has 0 aliphatic rings. The smallest absolute Gasteiger partial charge is 0.168 e. The van der Waals surface area contributed by atoms with Gasteiger partial charge in [-0.3, -0.25) is 0 Å². The summed E-state index contributed by atoms with van der Waals surface area (Å²) in [6.45, 7) is 6.33. The Morgan fingerprint density at radius 2 is 2.00 bits per heavy atom. The van der Waals surface area contributed by atoms with E-state index in [1.807, 2.05) is 26.8 Å². The Hall–Kier alpha value is -1.66. The number of aliphatic hydroxyl groups excluding tert-OH is 1. The largest absolute Gasteiger partial charge is 0.493 e. The molecule has 0 aromatic heterocycles. The van der Waals surface area contributed by atoms with Crippen LogP contribution in [-0.2, 0) is 6.61 Å². The monoisotopic (exact) mass is 248 g/mol. The van der Waals surface area contributed by atoms with E-state index in [-0.39, 0.29) is 18.6 Å². The van der Waals surface area contributed by atoms with Crippen LogP contribution >= 0.6 is 0 Å². The van der Waals surface area contributed by atoms with E-state index in [9.17, 15) is 5.11 Å². The maximum atomic E-state index is 9.25. The van der Waals surface area contributed by atoms with Gasteiger partial charge in [0.1, 0.15) is 6.61 Å². The van der Waals surface area contributed by atoms with Crippen LogP contribution in [0.5, 0.6) is 11.5 Å². The summed E-state index contributed by atoms with van der Waals surface area (Å²) in [4.78, 5) is 0. The van der Waals surface area contributed by atoms with Gasteiger partial charge in [0.25, 0.3) is 0 Å². The molecule has 0 heterocycles. The van der Waals surface area contributed by atoms with Gasteiger partial charge in [-0.2, -0.15) is 0 Å². The van der Waals surface area contributed by atoms with Gasteiger partial charge in [0, 0.05) is 11.0 Å². The molecule has 0 saturated carbocycles. The van der Waals surface area contributed by atoms with Crippen LogP contribution in [0.1, 0.15) is 26.3 Å². The highest BCUT2D eigenvalue weighted by molar-refractivity contribution is 5.46. The molecule has 0 amide bonds. The molecule has 0 fully saturated rings. The van der Waals surface area contributed by atoms with Crippen LogP contribution in [0.4, 0.5) is 0 Å². The minimum Gasteiger partial charge on any atom is -0.493 e. The van der Waals surface area contributed by atoms with E-state index >= 15 is 0 Å². The van der Waals surface area contributed by atoms with Crippen molar-refractivity contribution in [2.45, 2.75) is 27.4 Å². The number of aliphatic hydroxyl groups is 1. The molecule has 18 heavy (non-hydrogen) atoms. The third-order valence-electron chi connectivity index (χ3n) is 2.20. The second-order valence-corrected chi connectivity index (χ2v) is 4.95. The number of methoxy groups -OCH3 is 1. The first-order valence-electron chi connectivity index (χ1n) is 5.87. The number of ether oxygens (including phenoxy) is 2. The molecular formula is C15H20O3. The summed E-state index contributed by atoms with van der Waals surface area (Å²) in [6.07, 6.45) is 0. The van der Waals surface area contributed by atoms with E-state index in [1.54, 1.807) is 19.2 Å². The summed E-state index contributed by atoms with van der Waals surface area (Å²) in [5.74, 6) is 7.23. The first-order chi connectivity index (χ1) is 8.48. The van der Waals surface area contributed by atoms with E-state index in [0.29, 0.717) is 17.1 Å². The van der Waals surface area contributed by atoms with Gasteiger partial charge in [-0.25, -0.2) is 0 Å². The van der Waals surface area contributed by atoms with Gasteiger partial charge in [0.05, 0.1) is 13.7 Å². The van der Waals surface area contributed by atoms with Crippen LogP contribution < -0.4 is 9.47 Å². The molecule has 0 saturated heterocycles. The predicted molar refractivity (Wildman–Crippen MR) is 71.6 cm³/mol. The summed E-state index contributed by atoms with van der Waals surface area (Å²) in [5, 5.41) is 9.25. The van der Waals surface area contributed by atoms with Crippen molar-refractivity contribution in [2.24, 2.45) is 5.41 Å². The second kappa shape index (κ2) is 6.32. The van der Waals surface area contributed by atoms with Crippen molar-refractivity contribution in [1.82, 2.24) is 0 Å². The SMILES string of the molecule is COc1cccc(CO)c1OCC#CC(C)(C)C. The molecule has 98 valence electrons. The first kappa shape index (κ1) is 14.4. The second-order valence-electron chi connectivity index (χ2n) is 4.95. The van der Waals surface area contributed by atoms with Gasteiger partial charge in [0.2, 0.25) is 0 Å². The summed E-state index contributed by atoms with van der Waals surface area (Å²) in [7, 11) is 1.57. The summed E-state index contributed by atoms with van der Waals surface area (Å²) >= 11 is 0. The molecule has 3 nitrogen and oxygen atoms in total. The Morgan fingerprint density at radius 3 is 2.56 bits per heavy atom. The summed E-state index contributed by atoms with van der Waals surface area (Å²) < 4.78 is 10.8. The molecule has 1 N–H and O–H groups in total. The van der Waals surface area contributed by atoms with Gasteiger partial charge in [-0.15, -0.1) is 0 Å². The molecule has 1 aromatic rings. The zero-order valence-corrected chi connectivity index (χ0v) is 11.4. The molecule has 0 aliphatic heterocycles. The van der Waals surface area contributed by atoms with E-state index in [0.717, 1.165) is 0 Å². The van der Waals surface area contributed by atoms with Gasteiger partial charge < -0.3 is 14.6 Å². The van der Waals surface area contributed by atoms with Gasteiger partial charge in [-0.05, 0) is 26.8 Å². The number of hydrogen-bond donors (Lipinski definition) is 1. The number of rotatable bonds is 4. The van der Waals surface area contributed by atoms with Gasteiger partial charge >= 0.3 is 0 Å². The van der Waals surface area contributed by atoms with Gasteiger partial charge in [-0.1, -0.05) is 24.0 Å². The molecule has 0 radical (unpaired) electrons. The van der Waals surface area contributed by atoms with Gasteiger partial charge in [0.15, 0.2) is 11.5 Å². The minimum absolute atomic E-state index is 0.0378. The Morgan fingerprint density at radius 1 is 1.28 bits per heavy atom. The Balaban J connectivity index is 2.80. The highest BCUT2D eigenvalue weighted by Gasteiger charge is 2.09. The van der Waals surface area contributed by atoms with Crippen molar-refractivity contribution in [1.29, 1.82) is 0 Å². The lowest BCUT2D eigenvalue weighted by atomic mass is 9.98. The van der Waals surface area contributed by atoms with Crippen LogP contribution in [0, 0.1) is 17.3 Å². The third-order valence-corrected chi connectivity index (χ3v) is 2.20. The molecule has 3 heteroatoms. The van der Waals surface area contributed by atoms with Crippen molar-refractivity contribution < 1.29 is 14.6 Å². The molecule has 0 aliphatic carbocycles. The van der Waals surface area contributed by atoms with Crippen LogP contribution in [0.25, 0.3) is 0 Å². The fourth-order valence-corrected chi connectivity index (χ4v) is 1.42. The van der Waals surface area contributed by atoms with Crippen molar-refractivity contribution >= 4 is 0 Å². The molecule has 0 unspecified atom stereocenters. The lowest BCUT2D eigenvalue weighted by molar-refractivity contribution is 0.265. The Kier molecular flexibility index (Phi) is 5.06. The molecule has 1 rings (SSSR count). The quantitative estimate of drug-likeness (QED) is 0.832. The number of benzene rings is 1. The highest BCUT2D eigenvalue weighted by Crippen LogP contribution is 2.30. The van der Waals surface area contributed by atoms with E-state index in [1.165, 1.54) is 0 Å². The fourth-order valence-electron chi connectivity index (χ4n) is 1.42. The first-order valence-corrected chi connectivity index (χ1v) is 5.87. The minimum atomic E-state index is -0.0841.